The highest BCUT2D eigenvalue weighted by atomic mass is 32.2. The van der Waals surface area contributed by atoms with Gasteiger partial charge in [-0.3, -0.25) is 0 Å². The summed E-state index contributed by atoms with van der Waals surface area (Å²) in [5.41, 5.74) is 0.734. The average molecular weight is 294 g/mol. The molecule has 0 radical (unpaired) electrons. The maximum absolute atomic E-state index is 9.21. The quantitative estimate of drug-likeness (QED) is 0.862. The Kier molecular flexibility index (Phi) is 4.64. The maximum atomic E-state index is 9.21. The van der Waals surface area contributed by atoms with Crippen LogP contribution in [0.1, 0.15) is 0 Å². The zero-order chi connectivity index (χ0) is 13.8. The number of nitrogens with zero attached hydrogens (tertiary/aromatic N) is 1. The molecule has 0 fully saturated rings. The molecule has 4 nitrogen and oxygen atoms in total. The second-order valence-corrected chi connectivity index (χ2v) is 6.04. The van der Waals surface area contributed by atoms with Gasteiger partial charge in [0.25, 0.3) is 0 Å². The van der Waals surface area contributed by atoms with E-state index in [9.17, 15) is 5.26 Å². The van der Waals surface area contributed by atoms with Gasteiger partial charge < -0.3 is 14.8 Å². The Morgan fingerprint density at radius 3 is 2.11 bits per heavy atom. The van der Waals surface area contributed by atoms with Crippen LogP contribution in [0.4, 0.5) is 0 Å². The molecule has 0 saturated carbocycles. The van der Waals surface area contributed by atoms with Gasteiger partial charge in [-0.2, -0.15) is 5.26 Å². The summed E-state index contributed by atoms with van der Waals surface area (Å²) in [4.78, 5) is 2.04. The second-order valence-electron chi connectivity index (χ2n) is 3.74. The summed E-state index contributed by atoms with van der Waals surface area (Å²) in [6.45, 7) is 0.560. The summed E-state index contributed by atoms with van der Waals surface area (Å²) in [5, 5.41) is 12.2. The number of ether oxygens (including phenoxy) is 2. The predicted octanol–water partition coefficient (Wildman–Crippen LogP) is 2.86. The number of hydrogen-bond acceptors (Lipinski definition) is 6. The molecule has 1 N–H and O–H groups in total. The van der Waals surface area contributed by atoms with Crippen molar-refractivity contribution in [1.82, 2.24) is 5.32 Å². The van der Waals surface area contributed by atoms with E-state index in [2.05, 4.69) is 11.4 Å². The Morgan fingerprint density at radius 2 is 1.74 bits per heavy atom. The van der Waals surface area contributed by atoms with Crippen molar-refractivity contribution < 1.29 is 9.47 Å². The molecule has 0 aromatic heterocycles. The third kappa shape index (κ3) is 2.68. The van der Waals surface area contributed by atoms with Crippen molar-refractivity contribution in [2.24, 2.45) is 0 Å². The van der Waals surface area contributed by atoms with E-state index in [-0.39, 0.29) is 0 Å². The van der Waals surface area contributed by atoms with Crippen molar-refractivity contribution in [1.29, 1.82) is 5.26 Å². The minimum atomic E-state index is 0.560. The van der Waals surface area contributed by atoms with E-state index in [1.54, 1.807) is 37.7 Å². The molecule has 2 rings (SSSR count). The number of hydrogen-bond donors (Lipinski definition) is 1. The van der Waals surface area contributed by atoms with Crippen LogP contribution in [-0.2, 0) is 0 Å². The van der Waals surface area contributed by atoms with Crippen LogP contribution in [0.15, 0.2) is 31.7 Å². The molecule has 1 aromatic carbocycles. The van der Waals surface area contributed by atoms with Gasteiger partial charge in [-0.25, -0.2) is 0 Å². The highest BCUT2D eigenvalue weighted by molar-refractivity contribution is 8.24. The molecule has 100 valence electrons. The first-order valence-electron chi connectivity index (χ1n) is 5.63. The standard InChI is InChI=1S/C13H14N2O2S2/c1-15-7-8(6-14)13-18-11-9(16-2)4-5-10(17-3)12(11)19-13/h4-5,15H,7H2,1-3H3. The van der Waals surface area contributed by atoms with Gasteiger partial charge in [-0.05, 0) is 19.2 Å². The van der Waals surface area contributed by atoms with Gasteiger partial charge in [0, 0.05) is 6.54 Å². The number of fused-ring (bicyclic) bond motifs is 1. The highest BCUT2D eigenvalue weighted by Gasteiger charge is 2.27. The van der Waals surface area contributed by atoms with E-state index >= 15 is 0 Å². The summed E-state index contributed by atoms with van der Waals surface area (Å²) in [5.74, 6) is 1.62. The van der Waals surface area contributed by atoms with Crippen LogP contribution in [0, 0.1) is 11.3 Å². The number of methoxy groups -OCH3 is 2. The van der Waals surface area contributed by atoms with Gasteiger partial charge in [0.1, 0.15) is 11.5 Å². The first-order valence-corrected chi connectivity index (χ1v) is 7.27. The van der Waals surface area contributed by atoms with Crippen molar-refractivity contribution >= 4 is 23.5 Å². The third-order valence-corrected chi connectivity index (χ3v) is 5.32. The van der Waals surface area contributed by atoms with E-state index in [4.69, 9.17) is 9.47 Å². The Labute approximate surface area is 121 Å². The zero-order valence-corrected chi connectivity index (χ0v) is 12.6. The molecule has 0 spiro atoms. The topological polar surface area (TPSA) is 54.3 Å². The van der Waals surface area contributed by atoms with Crippen molar-refractivity contribution in [3.8, 4) is 17.6 Å². The van der Waals surface area contributed by atoms with E-state index < -0.39 is 0 Å². The summed E-state index contributed by atoms with van der Waals surface area (Å²) in [6, 6.07) is 6.02. The van der Waals surface area contributed by atoms with E-state index in [1.165, 1.54) is 0 Å². The summed E-state index contributed by atoms with van der Waals surface area (Å²) in [7, 11) is 5.12. The number of thioether (sulfide) groups is 2. The zero-order valence-electron chi connectivity index (χ0n) is 10.9. The van der Waals surface area contributed by atoms with E-state index in [0.717, 1.165) is 31.1 Å². The van der Waals surface area contributed by atoms with Crippen molar-refractivity contribution in [2.75, 3.05) is 27.8 Å². The predicted molar refractivity (Wildman–Crippen MR) is 77.8 cm³/mol. The molecular weight excluding hydrogens is 280 g/mol. The molecule has 0 unspecified atom stereocenters. The monoisotopic (exact) mass is 294 g/mol. The van der Waals surface area contributed by atoms with Crippen LogP contribution >= 0.6 is 23.5 Å². The summed E-state index contributed by atoms with van der Waals surface area (Å²) in [6.07, 6.45) is 0. The van der Waals surface area contributed by atoms with Gasteiger partial charge in [0.15, 0.2) is 0 Å². The summed E-state index contributed by atoms with van der Waals surface area (Å²) >= 11 is 3.13. The fraction of sp³-hybridized carbons (Fsp3) is 0.308. The molecule has 0 aliphatic carbocycles. The molecule has 0 amide bonds. The lowest BCUT2D eigenvalue weighted by molar-refractivity contribution is 0.384. The van der Waals surface area contributed by atoms with Crippen molar-refractivity contribution in [2.45, 2.75) is 9.79 Å². The van der Waals surface area contributed by atoms with Gasteiger partial charge in [0.2, 0.25) is 0 Å². The second kappa shape index (κ2) is 6.24. The molecule has 1 aliphatic heterocycles. The lowest BCUT2D eigenvalue weighted by Gasteiger charge is -2.08. The lowest BCUT2D eigenvalue weighted by atomic mass is 10.3. The van der Waals surface area contributed by atoms with Crippen LogP contribution in [-0.4, -0.2) is 27.8 Å². The fourth-order valence-electron chi connectivity index (χ4n) is 1.70. The Balaban J connectivity index is 2.46. The molecule has 1 heterocycles. The Hall–Kier alpha value is -1.29. The SMILES string of the molecule is CNCC(C#N)=C1Sc2c(OC)ccc(OC)c2S1. The normalized spacial score (nSPS) is 12.8. The molecule has 6 heteroatoms. The number of benzene rings is 1. The van der Waals surface area contributed by atoms with Crippen LogP contribution in [0.3, 0.4) is 0 Å². The molecule has 0 atom stereocenters. The molecular formula is C13H14N2O2S2. The highest BCUT2D eigenvalue weighted by Crippen LogP contribution is 2.58. The largest absolute Gasteiger partial charge is 0.496 e. The van der Waals surface area contributed by atoms with Crippen LogP contribution in [0.25, 0.3) is 0 Å². The van der Waals surface area contributed by atoms with Gasteiger partial charge >= 0.3 is 0 Å². The first kappa shape index (κ1) is 14.1. The molecule has 1 aromatic rings. The molecule has 0 saturated heterocycles. The molecule has 0 bridgehead atoms. The van der Waals surface area contributed by atoms with Crippen LogP contribution < -0.4 is 14.8 Å². The summed E-state index contributed by atoms with van der Waals surface area (Å²) < 4.78 is 11.7. The van der Waals surface area contributed by atoms with E-state index in [1.807, 2.05) is 19.2 Å². The lowest BCUT2D eigenvalue weighted by Crippen LogP contribution is -2.09. The van der Waals surface area contributed by atoms with Gasteiger partial charge in [-0.1, -0.05) is 23.5 Å². The van der Waals surface area contributed by atoms with Crippen LogP contribution in [0.5, 0.6) is 11.5 Å². The van der Waals surface area contributed by atoms with E-state index in [0.29, 0.717) is 6.54 Å². The molecule has 1 aliphatic rings. The maximum Gasteiger partial charge on any atom is 0.134 e. The van der Waals surface area contributed by atoms with Crippen LogP contribution in [0.2, 0.25) is 0 Å². The van der Waals surface area contributed by atoms with Gasteiger partial charge in [-0.15, -0.1) is 0 Å². The fourth-order valence-corrected chi connectivity index (χ4v) is 4.36. The van der Waals surface area contributed by atoms with Gasteiger partial charge in [0.05, 0.1) is 39.9 Å². The van der Waals surface area contributed by atoms with Crippen molar-refractivity contribution in [3.05, 3.63) is 21.9 Å². The number of rotatable bonds is 4. The Bertz CT molecular complexity index is 529. The smallest absolute Gasteiger partial charge is 0.134 e. The minimum absolute atomic E-state index is 0.560. The number of likely N-dealkylation sites (N-methyl/N-ethyl adjacent to an activating group) is 1. The molecule has 19 heavy (non-hydrogen) atoms. The minimum Gasteiger partial charge on any atom is -0.496 e. The average Bonchev–Trinajstić information content (AvgIpc) is 2.88. The van der Waals surface area contributed by atoms with Crippen molar-refractivity contribution in [3.63, 3.8) is 0 Å². The number of nitrogens with one attached hydrogen (secondary N) is 1. The Morgan fingerprint density at radius 1 is 1.21 bits per heavy atom. The first-order chi connectivity index (χ1) is 9.24. The third-order valence-electron chi connectivity index (χ3n) is 2.60. The number of nitriles is 1.